The summed E-state index contributed by atoms with van der Waals surface area (Å²) in [5, 5.41) is 0. The largest absolute Gasteiger partial charge is 0.496 e. The normalized spacial score (nSPS) is 11.0. The molecule has 1 rings (SSSR count). The summed E-state index contributed by atoms with van der Waals surface area (Å²) in [7, 11) is 1.60. The molecule has 0 aromatic heterocycles. The molecular formula is C13H18O3. The van der Waals surface area contributed by atoms with Gasteiger partial charge in [-0.2, -0.15) is 0 Å². The van der Waals surface area contributed by atoms with E-state index in [0.29, 0.717) is 0 Å². The lowest BCUT2D eigenvalue weighted by atomic mass is 9.97. The predicted molar refractivity (Wildman–Crippen MR) is 62.2 cm³/mol. The van der Waals surface area contributed by atoms with E-state index >= 15 is 0 Å². The van der Waals surface area contributed by atoms with Gasteiger partial charge in [-0.3, -0.25) is 4.79 Å². The molecule has 0 saturated carbocycles. The summed E-state index contributed by atoms with van der Waals surface area (Å²) >= 11 is 0. The van der Waals surface area contributed by atoms with Gasteiger partial charge in [-0.15, -0.1) is 0 Å². The number of methoxy groups -OCH3 is 1. The van der Waals surface area contributed by atoms with Gasteiger partial charge in [-0.1, -0.05) is 18.2 Å². The summed E-state index contributed by atoms with van der Waals surface area (Å²) in [6.07, 6.45) is 0. The molecule has 0 bridgehead atoms. The molecule has 0 amide bonds. The molecule has 0 N–H and O–H groups in total. The van der Waals surface area contributed by atoms with Gasteiger partial charge in [0.25, 0.3) is 0 Å². The highest BCUT2D eigenvalue weighted by Crippen LogP contribution is 2.21. The Morgan fingerprint density at radius 1 is 1.25 bits per heavy atom. The maximum absolute atomic E-state index is 11.6. The Hall–Kier alpha value is -1.51. The monoisotopic (exact) mass is 222 g/mol. The van der Waals surface area contributed by atoms with Crippen LogP contribution in [-0.4, -0.2) is 13.1 Å². The van der Waals surface area contributed by atoms with Crippen LogP contribution in [0.15, 0.2) is 24.3 Å². The molecule has 3 heteroatoms. The standard InChI is InChI=1S/C13H18O3/c1-13(2,3)12(14)16-9-10-7-5-6-8-11(10)15-4/h5-8H,9H2,1-4H3. The van der Waals surface area contributed by atoms with Gasteiger partial charge in [0.05, 0.1) is 12.5 Å². The molecule has 0 heterocycles. The maximum atomic E-state index is 11.6. The third-order valence-electron chi connectivity index (χ3n) is 2.16. The zero-order valence-electron chi connectivity index (χ0n) is 10.2. The highest BCUT2D eigenvalue weighted by atomic mass is 16.5. The van der Waals surface area contributed by atoms with E-state index in [4.69, 9.17) is 9.47 Å². The van der Waals surface area contributed by atoms with Crippen LogP contribution in [-0.2, 0) is 16.1 Å². The third-order valence-corrected chi connectivity index (χ3v) is 2.16. The summed E-state index contributed by atoms with van der Waals surface area (Å²) < 4.78 is 10.4. The molecular weight excluding hydrogens is 204 g/mol. The molecule has 0 aliphatic carbocycles. The van der Waals surface area contributed by atoms with Crippen molar-refractivity contribution >= 4 is 5.97 Å². The molecule has 0 saturated heterocycles. The van der Waals surface area contributed by atoms with Crippen LogP contribution in [0.4, 0.5) is 0 Å². The Kier molecular flexibility index (Phi) is 3.93. The fourth-order valence-corrected chi connectivity index (χ4v) is 1.18. The van der Waals surface area contributed by atoms with E-state index in [1.807, 2.05) is 45.0 Å². The molecule has 0 aliphatic heterocycles. The van der Waals surface area contributed by atoms with Crippen molar-refractivity contribution in [2.24, 2.45) is 5.41 Å². The first kappa shape index (κ1) is 12.6. The van der Waals surface area contributed by atoms with Crippen LogP contribution < -0.4 is 4.74 Å². The number of hydrogen-bond acceptors (Lipinski definition) is 3. The van der Waals surface area contributed by atoms with Crippen LogP contribution in [0.3, 0.4) is 0 Å². The number of rotatable bonds is 3. The van der Waals surface area contributed by atoms with Crippen molar-refractivity contribution in [3.63, 3.8) is 0 Å². The smallest absolute Gasteiger partial charge is 0.311 e. The van der Waals surface area contributed by atoms with E-state index in [9.17, 15) is 4.79 Å². The first-order chi connectivity index (χ1) is 7.45. The van der Waals surface area contributed by atoms with Gasteiger partial charge >= 0.3 is 5.97 Å². The lowest BCUT2D eigenvalue weighted by Gasteiger charge is -2.17. The van der Waals surface area contributed by atoms with E-state index in [0.717, 1.165) is 11.3 Å². The third kappa shape index (κ3) is 3.26. The van der Waals surface area contributed by atoms with Gasteiger partial charge < -0.3 is 9.47 Å². The zero-order valence-corrected chi connectivity index (χ0v) is 10.2. The van der Waals surface area contributed by atoms with E-state index in [-0.39, 0.29) is 12.6 Å². The molecule has 0 unspecified atom stereocenters. The number of esters is 1. The van der Waals surface area contributed by atoms with Crippen LogP contribution in [0.2, 0.25) is 0 Å². The SMILES string of the molecule is COc1ccccc1COC(=O)C(C)(C)C. The minimum Gasteiger partial charge on any atom is -0.496 e. The quantitative estimate of drug-likeness (QED) is 0.738. The molecule has 0 atom stereocenters. The van der Waals surface area contributed by atoms with Crippen LogP contribution in [0.5, 0.6) is 5.75 Å². The minimum absolute atomic E-state index is 0.210. The Morgan fingerprint density at radius 3 is 2.44 bits per heavy atom. The Labute approximate surface area is 96.4 Å². The van der Waals surface area contributed by atoms with Crippen molar-refractivity contribution in [2.45, 2.75) is 27.4 Å². The minimum atomic E-state index is -0.470. The van der Waals surface area contributed by atoms with E-state index in [1.54, 1.807) is 7.11 Å². The second-order valence-electron chi connectivity index (χ2n) is 4.64. The second-order valence-corrected chi connectivity index (χ2v) is 4.64. The number of hydrogen-bond donors (Lipinski definition) is 0. The molecule has 0 fully saturated rings. The first-order valence-electron chi connectivity index (χ1n) is 5.24. The average molecular weight is 222 g/mol. The molecule has 3 nitrogen and oxygen atoms in total. The summed E-state index contributed by atoms with van der Waals surface area (Å²) in [4.78, 5) is 11.6. The van der Waals surface area contributed by atoms with Crippen LogP contribution in [0.25, 0.3) is 0 Å². The second kappa shape index (κ2) is 5.01. The lowest BCUT2D eigenvalue weighted by molar-refractivity contribution is -0.154. The number of para-hydroxylation sites is 1. The van der Waals surface area contributed by atoms with Gasteiger partial charge in [0.1, 0.15) is 12.4 Å². The predicted octanol–water partition coefficient (Wildman–Crippen LogP) is 2.78. The molecule has 16 heavy (non-hydrogen) atoms. The van der Waals surface area contributed by atoms with Gasteiger partial charge in [0.15, 0.2) is 0 Å². The number of carbonyl (C=O) groups excluding carboxylic acids is 1. The summed E-state index contributed by atoms with van der Waals surface area (Å²) in [6.45, 7) is 5.74. The first-order valence-corrected chi connectivity index (χ1v) is 5.24. The van der Waals surface area contributed by atoms with E-state index in [1.165, 1.54) is 0 Å². The van der Waals surface area contributed by atoms with Crippen molar-refractivity contribution in [1.29, 1.82) is 0 Å². The highest BCUT2D eigenvalue weighted by Gasteiger charge is 2.23. The van der Waals surface area contributed by atoms with E-state index < -0.39 is 5.41 Å². The Morgan fingerprint density at radius 2 is 1.88 bits per heavy atom. The molecule has 0 spiro atoms. The van der Waals surface area contributed by atoms with Crippen LogP contribution in [0.1, 0.15) is 26.3 Å². The average Bonchev–Trinajstić information content (AvgIpc) is 2.24. The summed E-state index contributed by atoms with van der Waals surface area (Å²) in [5.74, 6) is 0.530. The fourth-order valence-electron chi connectivity index (χ4n) is 1.18. The van der Waals surface area contributed by atoms with Crippen molar-refractivity contribution in [3.05, 3.63) is 29.8 Å². The van der Waals surface area contributed by atoms with Crippen LogP contribution in [0, 0.1) is 5.41 Å². The Balaban J connectivity index is 2.65. The van der Waals surface area contributed by atoms with Crippen LogP contribution >= 0.6 is 0 Å². The molecule has 1 aromatic rings. The number of ether oxygens (including phenoxy) is 2. The Bertz CT molecular complexity index is 364. The lowest BCUT2D eigenvalue weighted by Crippen LogP contribution is -2.22. The van der Waals surface area contributed by atoms with Gasteiger partial charge in [0, 0.05) is 5.56 Å². The van der Waals surface area contributed by atoms with Crippen molar-refractivity contribution in [2.75, 3.05) is 7.11 Å². The van der Waals surface area contributed by atoms with Crippen molar-refractivity contribution in [1.82, 2.24) is 0 Å². The van der Waals surface area contributed by atoms with Gasteiger partial charge in [0.2, 0.25) is 0 Å². The number of carbonyl (C=O) groups is 1. The molecule has 0 aliphatic rings. The highest BCUT2D eigenvalue weighted by molar-refractivity contribution is 5.75. The molecule has 1 aromatic carbocycles. The van der Waals surface area contributed by atoms with Gasteiger partial charge in [-0.25, -0.2) is 0 Å². The summed E-state index contributed by atoms with van der Waals surface area (Å²) in [5.41, 5.74) is 0.407. The number of benzene rings is 1. The maximum Gasteiger partial charge on any atom is 0.311 e. The zero-order chi connectivity index (χ0) is 12.2. The summed E-state index contributed by atoms with van der Waals surface area (Å²) in [6, 6.07) is 7.51. The van der Waals surface area contributed by atoms with Crippen molar-refractivity contribution in [3.8, 4) is 5.75 Å². The topological polar surface area (TPSA) is 35.5 Å². The van der Waals surface area contributed by atoms with Gasteiger partial charge in [-0.05, 0) is 26.8 Å². The molecule has 0 radical (unpaired) electrons. The van der Waals surface area contributed by atoms with Crippen molar-refractivity contribution < 1.29 is 14.3 Å². The molecule has 88 valence electrons. The van der Waals surface area contributed by atoms with E-state index in [2.05, 4.69) is 0 Å². The fraction of sp³-hybridized carbons (Fsp3) is 0.462.